The van der Waals surface area contributed by atoms with Gasteiger partial charge in [0, 0.05) is 11.8 Å². The lowest BCUT2D eigenvalue weighted by molar-refractivity contribution is -0.0609. The van der Waals surface area contributed by atoms with Crippen molar-refractivity contribution < 1.29 is 5.21 Å². The predicted octanol–water partition coefficient (Wildman–Crippen LogP) is 5.91. The molecule has 1 aliphatic heterocycles. The minimum Gasteiger partial charge on any atom is -0.288 e. The van der Waals surface area contributed by atoms with Crippen molar-refractivity contribution in [3.05, 3.63) is 77.0 Å². The molecule has 0 aliphatic carbocycles. The molecule has 1 aromatic carbocycles. The van der Waals surface area contributed by atoms with Crippen LogP contribution in [0.5, 0.6) is 0 Å². The molecular weight excluding hydrogens is 294 g/mol. The SMILES string of the molecule is CC/C=C\C(C1=CN(O)C(C)C=C1)=C(/C)c1cccc(CCC)c1. The van der Waals surface area contributed by atoms with Crippen molar-refractivity contribution in [2.75, 3.05) is 0 Å². The summed E-state index contributed by atoms with van der Waals surface area (Å²) in [5.74, 6) is 0. The maximum atomic E-state index is 10.0. The number of hydroxylamine groups is 2. The van der Waals surface area contributed by atoms with E-state index in [4.69, 9.17) is 0 Å². The van der Waals surface area contributed by atoms with Crippen molar-refractivity contribution >= 4 is 5.57 Å². The zero-order valence-electron chi connectivity index (χ0n) is 15.3. The summed E-state index contributed by atoms with van der Waals surface area (Å²) < 4.78 is 0. The lowest BCUT2D eigenvalue weighted by atomic mass is 9.92. The second-order valence-electron chi connectivity index (χ2n) is 6.36. The van der Waals surface area contributed by atoms with Gasteiger partial charge in [-0.05, 0) is 49.0 Å². The molecule has 2 rings (SSSR count). The summed E-state index contributed by atoms with van der Waals surface area (Å²) in [7, 11) is 0. The van der Waals surface area contributed by atoms with Gasteiger partial charge in [-0.25, -0.2) is 0 Å². The molecule has 0 fully saturated rings. The minimum atomic E-state index is 0.0124. The zero-order chi connectivity index (χ0) is 17.5. The van der Waals surface area contributed by atoms with Crippen LogP contribution in [-0.2, 0) is 6.42 Å². The standard InChI is InChI=1S/C22H29NO/c1-5-7-12-22(21-14-13-17(3)23(24)16-21)18(4)20-11-8-10-19(15-20)9-6-2/h7-8,10-17,24H,5-6,9H2,1-4H3/b12-7-,22-18-. The molecule has 0 spiro atoms. The second-order valence-corrected chi connectivity index (χ2v) is 6.36. The van der Waals surface area contributed by atoms with Crippen LogP contribution in [0, 0.1) is 0 Å². The average molecular weight is 323 g/mol. The van der Waals surface area contributed by atoms with Crippen LogP contribution >= 0.6 is 0 Å². The number of benzene rings is 1. The van der Waals surface area contributed by atoms with Crippen LogP contribution in [0.2, 0.25) is 0 Å². The Morgan fingerprint density at radius 2 is 2.08 bits per heavy atom. The highest BCUT2D eigenvalue weighted by Gasteiger charge is 2.14. The van der Waals surface area contributed by atoms with E-state index in [0.29, 0.717) is 0 Å². The first kappa shape index (κ1) is 18.3. The van der Waals surface area contributed by atoms with Crippen LogP contribution < -0.4 is 0 Å². The Balaban J connectivity index is 2.47. The van der Waals surface area contributed by atoms with Crippen LogP contribution in [0.3, 0.4) is 0 Å². The maximum absolute atomic E-state index is 10.0. The molecule has 0 radical (unpaired) electrons. The largest absolute Gasteiger partial charge is 0.288 e. The molecule has 2 nitrogen and oxygen atoms in total. The summed E-state index contributed by atoms with van der Waals surface area (Å²) in [6.07, 6.45) is 13.5. The van der Waals surface area contributed by atoms with E-state index in [1.54, 1.807) is 0 Å². The van der Waals surface area contributed by atoms with Gasteiger partial charge in [0.25, 0.3) is 0 Å². The van der Waals surface area contributed by atoms with Crippen molar-refractivity contribution in [2.24, 2.45) is 0 Å². The van der Waals surface area contributed by atoms with E-state index in [1.165, 1.54) is 21.8 Å². The van der Waals surface area contributed by atoms with Gasteiger partial charge in [0.15, 0.2) is 0 Å². The first-order valence-corrected chi connectivity index (χ1v) is 8.91. The van der Waals surface area contributed by atoms with Gasteiger partial charge in [-0.2, -0.15) is 0 Å². The summed E-state index contributed by atoms with van der Waals surface area (Å²) in [5.41, 5.74) is 6.05. The molecule has 2 heteroatoms. The third-order valence-corrected chi connectivity index (χ3v) is 4.38. The van der Waals surface area contributed by atoms with Gasteiger partial charge in [-0.3, -0.25) is 10.3 Å². The molecule has 128 valence electrons. The Morgan fingerprint density at radius 1 is 1.29 bits per heavy atom. The van der Waals surface area contributed by atoms with Crippen molar-refractivity contribution in [3.8, 4) is 0 Å². The molecular formula is C22H29NO. The van der Waals surface area contributed by atoms with Crippen LogP contribution in [-0.4, -0.2) is 16.3 Å². The third-order valence-electron chi connectivity index (χ3n) is 4.38. The van der Waals surface area contributed by atoms with Gasteiger partial charge in [-0.15, -0.1) is 0 Å². The molecule has 1 atom stereocenters. The van der Waals surface area contributed by atoms with Crippen molar-refractivity contribution in [1.82, 2.24) is 5.06 Å². The summed E-state index contributed by atoms with van der Waals surface area (Å²) in [5, 5.41) is 11.3. The van der Waals surface area contributed by atoms with Crippen LogP contribution in [0.1, 0.15) is 51.7 Å². The fourth-order valence-electron chi connectivity index (χ4n) is 2.87. The van der Waals surface area contributed by atoms with Crippen molar-refractivity contribution in [2.45, 2.75) is 53.0 Å². The van der Waals surface area contributed by atoms with E-state index in [-0.39, 0.29) is 6.04 Å². The number of nitrogens with zero attached hydrogens (tertiary/aromatic N) is 1. The fraction of sp³-hybridized carbons (Fsp3) is 0.364. The predicted molar refractivity (Wildman–Crippen MR) is 103 cm³/mol. The molecule has 24 heavy (non-hydrogen) atoms. The number of hydrogen-bond acceptors (Lipinski definition) is 2. The Kier molecular flexibility index (Phi) is 6.62. The van der Waals surface area contributed by atoms with Crippen LogP contribution in [0.15, 0.2) is 65.9 Å². The maximum Gasteiger partial charge on any atom is 0.0712 e. The van der Waals surface area contributed by atoms with Gasteiger partial charge in [0.1, 0.15) is 0 Å². The Bertz CT molecular complexity index is 679. The van der Waals surface area contributed by atoms with Gasteiger partial charge >= 0.3 is 0 Å². The van der Waals surface area contributed by atoms with E-state index < -0.39 is 0 Å². The normalized spacial score (nSPS) is 18.8. The second kappa shape index (κ2) is 8.70. The number of hydrogen-bond donors (Lipinski definition) is 1. The summed E-state index contributed by atoms with van der Waals surface area (Å²) in [6.45, 7) is 8.47. The van der Waals surface area contributed by atoms with E-state index in [2.05, 4.69) is 63.3 Å². The minimum absolute atomic E-state index is 0.0124. The first-order chi connectivity index (χ1) is 11.6. The quantitative estimate of drug-likeness (QED) is 0.658. The zero-order valence-corrected chi connectivity index (χ0v) is 15.3. The molecule has 0 saturated heterocycles. The summed E-state index contributed by atoms with van der Waals surface area (Å²) in [4.78, 5) is 0. The van der Waals surface area contributed by atoms with E-state index in [9.17, 15) is 5.21 Å². The number of aryl methyl sites for hydroxylation is 1. The molecule has 0 bridgehead atoms. The molecule has 1 heterocycles. The van der Waals surface area contributed by atoms with Crippen LogP contribution in [0.25, 0.3) is 5.57 Å². The molecule has 1 aromatic rings. The van der Waals surface area contributed by atoms with E-state index in [0.717, 1.165) is 30.4 Å². The lowest BCUT2D eigenvalue weighted by Crippen LogP contribution is -2.25. The van der Waals surface area contributed by atoms with Gasteiger partial charge in [0.2, 0.25) is 0 Å². The monoisotopic (exact) mass is 323 g/mol. The highest BCUT2D eigenvalue weighted by molar-refractivity contribution is 5.75. The summed E-state index contributed by atoms with van der Waals surface area (Å²) in [6, 6.07) is 8.79. The third kappa shape index (κ3) is 4.48. The van der Waals surface area contributed by atoms with E-state index in [1.807, 2.05) is 19.2 Å². The number of rotatable bonds is 6. The summed E-state index contributed by atoms with van der Waals surface area (Å²) >= 11 is 0. The van der Waals surface area contributed by atoms with Gasteiger partial charge in [0.05, 0.1) is 6.04 Å². The van der Waals surface area contributed by atoms with Gasteiger partial charge < -0.3 is 0 Å². The van der Waals surface area contributed by atoms with Crippen LogP contribution in [0.4, 0.5) is 0 Å². The van der Waals surface area contributed by atoms with Gasteiger partial charge in [-0.1, -0.05) is 68.8 Å². The highest BCUT2D eigenvalue weighted by Crippen LogP contribution is 2.28. The molecule has 0 aromatic heterocycles. The fourth-order valence-corrected chi connectivity index (χ4v) is 2.87. The smallest absolute Gasteiger partial charge is 0.0712 e. The molecule has 1 N–H and O–H groups in total. The topological polar surface area (TPSA) is 23.5 Å². The molecule has 0 amide bonds. The number of allylic oxidation sites excluding steroid dienone is 6. The van der Waals surface area contributed by atoms with Crippen molar-refractivity contribution in [1.29, 1.82) is 0 Å². The molecule has 1 aliphatic rings. The Labute approximate surface area is 146 Å². The van der Waals surface area contributed by atoms with E-state index >= 15 is 0 Å². The molecule has 1 unspecified atom stereocenters. The first-order valence-electron chi connectivity index (χ1n) is 8.91. The Morgan fingerprint density at radius 3 is 2.75 bits per heavy atom. The van der Waals surface area contributed by atoms with Crippen molar-refractivity contribution in [3.63, 3.8) is 0 Å². The highest BCUT2D eigenvalue weighted by atomic mass is 16.5. The average Bonchev–Trinajstić information content (AvgIpc) is 2.58. The lowest BCUT2D eigenvalue weighted by Gasteiger charge is -2.24. The molecule has 0 saturated carbocycles. The Hall–Kier alpha value is -2.06.